The first-order valence-corrected chi connectivity index (χ1v) is 12.9. The van der Waals surface area contributed by atoms with E-state index in [1.165, 1.54) is 6.20 Å². The zero-order valence-corrected chi connectivity index (χ0v) is 23.4. The molecule has 210 valence electrons. The van der Waals surface area contributed by atoms with Crippen LogP contribution in [-0.4, -0.2) is 42.9 Å². The lowest BCUT2D eigenvalue weighted by Gasteiger charge is -2.30. The van der Waals surface area contributed by atoms with Crippen molar-refractivity contribution in [3.05, 3.63) is 101 Å². The fourth-order valence-corrected chi connectivity index (χ4v) is 4.82. The van der Waals surface area contributed by atoms with E-state index >= 15 is 0 Å². The minimum atomic E-state index is -0.693. The van der Waals surface area contributed by atoms with Crippen molar-refractivity contribution in [2.24, 2.45) is 0 Å². The van der Waals surface area contributed by atoms with E-state index < -0.39 is 6.04 Å². The molecule has 0 unspecified atom stereocenters. The number of aryl methyl sites for hydroxylation is 1. The van der Waals surface area contributed by atoms with E-state index in [0.717, 1.165) is 5.56 Å². The van der Waals surface area contributed by atoms with Gasteiger partial charge in [0.15, 0.2) is 11.5 Å². The van der Waals surface area contributed by atoms with E-state index in [1.807, 2.05) is 49.4 Å². The minimum absolute atomic E-state index is 0.330. The molecule has 0 radical (unpaired) electrons. The van der Waals surface area contributed by atoms with Crippen LogP contribution in [-0.2, 0) is 4.79 Å². The Kier molecular flexibility index (Phi) is 7.64. The van der Waals surface area contributed by atoms with E-state index in [0.29, 0.717) is 56.8 Å². The third-order valence-electron chi connectivity index (χ3n) is 6.90. The van der Waals surface area contributed by atoms with Gasteiger partial charge in [0, 0.05) is 11.4 Å². The zero-order valence-electron chi connectivity index (χ0n) is 23.4. The molecule has 10 heteroatoms. The summed E-state index contributed by atoms with van der Waals surface area (Å²) in [6.07, 6.45) is 1.49. The molecule has 10 nitrogen and oxygen atoms in total. The third kappa shape index (κ3) is 5.31. The summed E-state index contributed by atoms with van der Waals surface area (Å²) in [6.45, 7) is 3.78. The number of fused-ring (bicyclic) bond motifs is 1. The van der Waals surface area contributed by atoms with Crippen LogP contribution in [0.3, 0.4) is 0 Å². The van der Waals surface area contributed by atoms with Crippen molar-refractivity contribution in [2.45, 2.75) is 19.9 Å². The average Bonchev–Trinajstić information content (AvgIpc) is 3.41. The lowest BCUT2D eigenvalue weighted by atomic mass is 9.94. The first kappa shape index (κ1) is 27.3. The number of carbonyl (C=O) groups is 2. The number of hydrogen-bond acceptors (Lipinski definition) is 7. The van der Waals surface area contributed by atoms with Crippen molar-refractivity contribution in [1.82, 2.24) is 9.78 Å². The molecule has 2 heterocycles. The van der Waals surface area contributed by atoms with Crippen LogP contribution in [0.2, 0.25) is 0 Å². The summed E-state index contributed by atoms with van der Waals surface area (Å²) < 4.78 is 18.0. The summed E-state index contributed by atoms with van der Waals surface area (Å²) in [6, 6.07) is 19.4. The summed E-state index contributed by atoms with van der Waals surface area (Å²) >= 11 is 0. The Morgan fingerprint density at radius 1 is 0.829 bits per heavy atom. The first-order valence-electron chi connectivity index (χ1n) is 12.9. The maximum Gasteiger partial charge on any atom is 0.261 e. The maximum absolute atomic E-state index is 13.9. The van der Waals surface area contributed by atoms with Gasteiger partial charge >= 0.3 is 0 Å². The Morgan fingerprint density at radius 2 is 1.54 bits per heavy atom. The van der Waals surface area contributed by atoms with Gasteiger partial charge in [-0.3, -0.25) is 9.59 Å². The van der Waals surface area contributed by atoms with Gasteiger partial charge in [0.25, 0.3) is 11.8 Å². The van der Waals surface area contributed by atoms with Crippen LogP contribution >= 0.6 is 0 Å². The second-order valence-electron chi connectivity index (χ2n) is 9.51. The van der Waals surface area contributed by atoms with E-state index in [4.69, 9.17) is 14.2 Å². The number of amides is 2. The van der Waals surface area contributed by atoms with Crippen molar-refractivity contribution < 1.29 is 23.8 Å². The van der Waals surface area contributed by atoms with E-state index in [2.05, 4.69) is 21.0 Å². The molecule has 5 rings (SSSR count). The molecule has 41 heavy (non-hydrogen) atoms. The number of nitrogens with one attached hydrogen (secondary N) is 3. The molecule has 0 bridgehead atoms. The average molecular weight is 554 g/mol. The quantitative estimate of drug-likeness (QED) is 0.268. The summed E-state index contributed by atoms with van der Waals surface area (Å²) in [5.41, 5.74) is 4.29. The lowest BCUT2D eigenvalue weighted by molar-refractivity contribution is -0.113. The monoisotopic (exact) mass is 553 g/mol. The molecule has 0 aliphatic carbocycles. The molecule has 3 aromatic carbocycles. The molecule has 3 N–H and O–H groups in total. The van der Waals surface area contributed by atoms with Gasteiger partial charge in [0.1, 0.15) is 23.2 Å². The standard InChI is InChI=1S/C31H31N5O5/c1-18-10-13-21(14-11-18)34-30(37)22-17-32-36-28(20-12-15-25(40-4)26(16-20)41-5)27(19(2)33-29(22)36)31(38)35-23-8-6-7-9-24(23)39-3/h6-17,28,33H,1-5H3,(H,34,37)(H,35,38)/t28-/m0/s1. The number of anilines is 3. The molecular weight excluding hydrogens is 522 g/mol. The Hall–Kier alpha value is -5.25. The lowest BCUT2D eigenvalue weighted by Crippen LogP contribution is -2.32. The van der Waals surface area contributed by atoms with Crippen LogP contribution in [0.4, 0.5) is 17.2 Å². The number of methoxy groups -OCH3 is 3. The van der Waals surface area contributed by atoms with Gasteiger partial charge in [-0.05, 0) is 55.8 Å². The van der Waals surface area contributed by atoms with Crippen molar-refractivity contribution >= 4 is 29.0 Å². The molecule has 0 saturated carbocycles. The summed E-state index contributed by atoms with van der Waals surface area (Å²) in [4.78, 5) is 27.2. The second-order valence-corrected chi connectivity index (χ2v) is 9.51. The van der Waals surface area contributed by atoms with Gasteiger partial charge in [-0.2, -0.15) is 5.10 Å². The van der Waals surface area contributed by atoms with Crippen LogP contribution in [0, 0.1) is 6.92 Å². The number of rotatable bonds is 8. The first-order chi connectivity index (χ1) is 19.8. The van der Waals surface area contributed by atoms with Gasteiger partial charge in [0.2, 0.25) is 0 Å². The second kappa shape index (κ2) is 11.5. The van der Waals surface area contributed by atoms with Gasteiger partial charge in [-0.15, -0.1) is 0 Å². The molecule has 1 aliphatic rings. The van der Waals surface area contributed by atoms with Crippen molar-refractivity contribution in [3.63, 3.8) is 0 Å². The number of aromatic nitrogens is 2. The molecule has 1 aliphatic heterocycles. The third-order valence-corrected chi connectivity index (χ3v) is 6.90. The molecule has 1 atom stereocenters. The fraction of sp³-hybridized carbons (Fsp3) is 0.194. The predicted molar refractivity (Wildman–Crippen MR) is 157 cm³/mol. The molecule has 0 saturated heterocycles. The van der Waals surface area contributed by atoms with Crippen molar-refractivity contribution in [1.29, 1.82) is 0 Å². The van der Waals surface area contributed by atoms with Gasteiger partial charge in [-0.25, -0.2) is 4.68 Å². The summed E-state index contributed by atoms with van der Waals surface area (Å²) in [5.74, 6) is 1.34. The Morgan fingerprint density at radius 3 is 2.24 bits per heavy atom. The number of allylic oxidation sites excluding steroid dienone is 1. The van der Waals surface area contributed by atoms with Crippen molar-refractivity contribution in [3.8, 4) is 17.2 Å². The number of hydrogen-bond donors (Lipinski definition) is 3. The van der Waals surface area contributed by atoms with Crippen LogP contribution in [0.25, 0.3) is 0 Å². The summed E-state index contributed by atoms with van der Waals surface area (Å²) in [7, 11) is 4.65. The molecule has 1 aromatic heterocycles. The smallest absolute Gasteiger partial charge is 0.261 e. The molecule has 0 spiro atoms. The van der Waals surface area contributed by atoms with Gasteiger partial charge in [0.05, 0.1) is 38.8 Å². The van der Waals surface area contributed by atoms with Crippen LogP contribution in [0.5, 0.6) is 17.2 Å². The predicted octanol–water partition coefficient (Wildman–Crippen LogP) is 5.40. The van der Waals surface area contributed by atoms with Gasteiger partial charge in [-0.1, -0.05) is 35.9 Å². The van der Waals surface area contributed by atoms with E-state index in [1.54, 1.807) is 57.2 Å². The minimum Gasteiger partial charge on any atom is -0.495 e. The van der Waals surface area contributed by atoms with Crippen LogP contribution < -0.4 is 30.2 Å². The SMILES string of the molecule is COc1ccccc1NC(=O)C1=C(C)Nc2c(C(=O)Nc3ccc(C)cc3)cnn2[C@H]1c1ccc(OC)c(OC)c1. The highest BCUT2D eigenvalue weighted by molar-refractivity contribution is 6.09. The largest absolute Gasteiger partial charge is 0.495 e. The maximum atomic E-state index is 13.9. The van der Waals surface area contributed by atoms with Crippen LogP contribution in [0.1, 0.15) is 34.5 Å². The van der Waals surface area contributed by atoms with Gasteiger partial charge < -0.3 is 30.2 Å². The van der Waals surface area contributed by atoms with Crippen molar-refractivity contribution in [2.75, 3.05) is 37.3 Å². The molecule has 2 amide bonds. The number of para-hydroxylation sites is 2. The Balaban J connectivity index is 1.58. The fourth-order valence-electron chi connectivity index (χ4n) is 4.82. The molecule has 4 aromatic rings. The van der Waals surface area contributed by atoms with E-state index in [-0.39, 0.29) is 11.8 Å². The van der Waals surface area contributed by atoms with Crippen LogP contribution in [0.15, 0.2) is 84.2 Å². The highest BCUT2D eigenvalue weighted by atomic mass is 16.5. The number of nitrogens with zero attached hydrogens (tertiary/aromatic N) is 2. The zero-order chi connectivity index (χ0) is 29.1. The highest BCUT2D eigenvalue weighted by Crippen LogP contribution is 2.41. The number of benzene rings is 3. The summed E-state index contributed by atoms with van der Waals surface area (Å²) in [5, 5.41) is 13.7. The number of carbonyl (C=O) groups excluding carboxylic acids is 2. The normalized spacial score (nSPS) is 14.0. The van der Waals surface area contributed by atoms with E-state index in [9.17, 15) is 9.59 Å². The Labute approximate surface area is 237 Å². The Bertz CT molecular complexity index is 1640. The molecular formula is C31H31N5O5. The molecule has 0 fully saturated rings. The highest BCUT2D eigenvalue weighted by Gasteiger charge is 2.36. The number of ether oxygens (including phenoxy) is 3. The topological polar surface area (TPSA) is 116 Å².